The summed E-state index contributed by atoms with van der Waals surface area (Å²) >= 11 is 0. The van der Waals surface area contributed by atoms with Gasteiger partial charge in [-0.1, -0.05) is 54.6 Å². The molecule has 1 aliphatic heterocycles. The SMILES string of the molecule is NC(=O)[C@H]1Cc2ccccc2CN1C(=O)OCc1ccccc1. The van der Waals surface area contributed by atoms with Crippen molar-refractivity contribution in [1.29, 1.82) is 0 Å². The standard InChI is InChI=1S/C18H18N2O3/c19-17(21)16-10-14-8-4-5-9-15(14)11-20(16)18(22)23-12-13-6-2-1-3-7-13/h1-9,16H,10-12H2,(H2,19,21)/t16-/m1/s1. The van der Waals surface area contributed by atoms with E-state index in [1.165, 1.54) is 4.90 Å². The summed E-state index contributed by atoms with van der Waals surface area (Å²) in [5, 5.41) is 0. The van der Waals surface area contributed by atoms with Gasteiger partial charge in [-0.3, -0.25) is 9.69 Å². The zero-order valence-electron chi connectivity index (χ0n) is 12.6. The fourth-order valence-electron chi connectivity index (χ4n) is 2.77. The lowest BCUT2D eigenvalue weighted by Crippen LogP contribution is -2.51. The summed E-state index contributed by atoms with van der Waals surface area (Å²) in [5.74, 6) is -0.517. The Bertz CT molecular complexity index is 715. The molecule has 0 aliphatic carbocycles. The summed E-state index contributed by atoms with van der Waals surface area (Å²) in [4.78, 5) is 25.5. The van der Waals surface area contributed by atoms with Crippen molar-refractivity contribution in [2.24, 2.45) is 5.73 Å². The minimum atomic E-state index is -0.673. The first kappa shape index (κ1) is 15.1. The van der Waals surface area contributed by atoms with Gasteiger partial charge in [-0.15, -0.1) is 0 Å². The van der Waals surface area contributed by atoms with Gasteiger partial charge in [0, 0.05) is 6.42 Å². The van der Waals surface area contributed by atoms with Crippen molar-refractivity contribution in [3.63, 3.8) is 0 Å². The maximum Gasteiger partial charge on any atom is 0.411 e. The first-order chi connectivity index (χ1) is 11.1. The quantitative estimate of drug-likeness (QED) is 0.945. The van der Waals surface area contributed by atoms with Crippen LogP contribution in [0.3, 0.4) is 0 Å². The number of hydrogen-bond donors (Lipinski definition) is 1. The van der Waals surface area contributed by atoms with Crippen LogP contribution in [0.25, 0.3) is 0 Å². The van der Waals surface area contributed by atoms with Gasteiger partial charge >= 0.3 is 6.09 Å². The van der Waals surface area contributed by atoms with Crippen LogP contribution < -0.4 is 5.73 Å². The largest absolute Gasteiger partial charge is 0.445 e. The smallest absolute Gasteiger partial charge is 0.411 e. The molecule has 0 saturated heterocycles. The first-order valence-electron chi connectivity index (χ1n) is 7.48. The van der Waals surface area contributed by atoms with Crippen LogP contribution in [-0.4, -0.2) is 22.9 Å². The Labute approximate surface area is 134 Å². The Balaban J connectivity index is 1.74. The average molecular weight is 310 g/mol. The van der Waals surface area contributed by atoms with Crippen LogP contribution in [0.1, 0.15) is 16.7 Å². The topological polar surface area (TPSA) is 72.6 Å². The molecule has 1 heterocycles. The highest BCUT2D eigenvalue weighted by Gasteiger charge is 2.34. The van der Waals surface area contributed by atoms with Gasteiger partial charge in [-0.25, -0.2) is 4.79 Å². The lowest BCUT2D eigenvalue weighted by Gasteiger charge is -2.34. The van der Waals surface area contributed by atoms with Gasteiger partial charge in [0.15, 0.2) is 0 Å². The van der Waals surface area contributed by atoms with Crippen molar-refractivity contribution in [3.8, 4) is 0 Å². The van der Waals surface area contributed by atoms with E-state index in [0.717, 1.165) is 16.7 Å². The molecule has 0 aromatic heterocycles. The number of fused-ring (bicyclic) bond motifs is 1. The van der Waals surface area contributed by atoms with Gasteiger partial charge in [0.2, 0.25) is 5.91 Å². The molecule has 118 valence electrons. The van der Waals surface area contributed by atoms with Crippen LogP contribution in [0.15, 0.2) is 54.6 Å². The highest BCUT2D eigenvalue weighted by Crippen LogP contribution is 2.24. The molecule has 3 rings (SSSR count). The number of primary amides is 1. The van der Waals surface area contributed by atoms with E-state index in [1.54, 1.807) is 0 Å². The van der Waals surface area contributed by atoms with Crippen LogP contribution in [0.2, 0.25) is 0 Å². The van der Waals surface area contributed by atoms with Gasteiger partial charge in [0.05, 0.1) is 6.54 Å². The molecule has 0 radical (unpaired) electrons. The zero-order chi connectivity index (χ0) is 16.2. The number of carbonyl (C=O) groups excluding carboxylic acids is 2. The summed E-state index contributed by atoms with van der Waals surface area (Å²) in [6, 6.07) is 16.5. The van der Waals surface area contributed by atoms with E-state index in [-0.39, 0.29) is 6.61 Å². The van der Waals surface area contributed by atoms with Crippen LogP contribution in [0.4, 0.5) is 4.79 Å². The third-order valence-electron chi connectivity index (χ3n) is 4.02. The number of rotatable bonds is 3. The normalized spacial score (nSPS) is 16.5. The average Bonchev–Trinajstić information content (AvgIpc) is 2.59. The number of hydrogen-bond acceptors (Lipinski definition) is 3. The Morgan fingerprint density at radius 2 is 1.70 bits per heavy atom. The summed E-state index contributed by atoms with van der Waals surface area (Å²) in [6.45, 7) is 0.501. The Kier molecular flexibility index (Phi) is 4.28. The lowest BCUT2D eigenvalue weighted by atomic mass is 9.94. The van der Waals surface area contributed by atoms with Crippen molar-refractivity contribution < 1.29 is 14.3 Å². The molecule has 0 spiro atoms. The summed E-state index contributed by atoms with van der Waals surface area (Å²) in [7, 11) is 0. The molecule has 2 aromatic carbocycles. The lowest BCUT2D eigenvalue weighted by molar-refractivity contribution is -0.123. The Morgan fingerprint density at radius 1 is 1.04 bits per heavy atom. The molecule has 0 bridgehead atoms. The van der Waals surface area contributed by atoms with Crippen molar-refractivity contribution in [2.75, 3.05) is 0 Å². The molecule has 23 heavy (non-hydrogen) atoms. The monoisotopic (exact) mass is 310 g/mol. The van der Waals surface area contributed by atoms with Crippen LogP contribution in [-0.2, 0) is 29.1 Å². The summed E-state index contributed by atoms with van der Waals surface area (Å²) < 4.78 is 5.34. The molecular weight excluding hydrogens is 292 g/mol. The second kappa shape index (κ2) is 6.52. The molecule has 1 aliphatic rings. The second-order valence-electron chi connectivity index (χ2n) is 5.56. The van der Waals surface area contributed by atoms with Crippen molar-refractivity contribution in [1.82, 2.24) is 4.90 Å². The van der Waals surface area contributed by atoms with Gasteiger partial charge in [0.1, 0.15) is 12.6 Å². The van der Waals surface area contributed by atoms with E-state index in [0.29, 0.717) is 13.0 Å². The third kappa shape index (κ3) is 3.34. The van der Waals surface area contributed by atoms with E-state index in [2.05, 4.69) is 0 Å². The van der Waals surface area contributed by atoms with Gasteiger partial charge < -0.3 is 10.5 Å². The second-order valence-corrected chi connectivity index (χ2v) is 5.56. The van der Waals surface area contributed by atoms with Gasteiger partial charge in [-0.05, 0) is 16.7 Å². The van der Waals surface area contributed by atoms with E-state index >= 15 is 0 Å². The van der Waals surface area contributed by atoms with Crippen molar-refractivity contribution in [3.05, 3.63) is 71.3 Å². The van der Waals surface area contributed by atoms with Crippen molar-refractivity contribution >= 4 is 12.0 Å². The Morgan fingerprint density at radius 3 is 2.39 bits per heavy atom. The number of nitrogens with zero attached hydrogens (tertiary/aromatic N) is 1. The number of nitrogens with two attached hydrogens (primary N) is 1. The van der Waals surface area contributed by atoms with E-state index < -0.39 is 18.0 Å². The number of carbonyl (C=O) groups is 2. The molecule has 1 atom stereocenters. The van der Waals surface area contributed by atoms with Gasteiger partial charge in [-0.2, -0.15) is 0 Å². The Hall–Kier alpha value is -2.82. The molecule has 0 unspecified atom stereocenters. The van der Waals surface area contributed by atoms with E-state index in [4.69, 9.17) is 10.5 Å². The predicted octanol–water partition coefficient (Wildman–Crippen LogP) is 2.24. The molecule has 0 fully saturated rings. The minimum absolute atomic E-state index is 0.170. The number of benzene rings is 2. The minimum Gasteiger partial charge on any atom is -0.445 e. The molecule has 2 amide bonds. The van der Waals surface area contributed by atoms with Crippen LogP contribution in [0, 0.1) is 0 Å². The van der Waals surface area contributed by atoms with Crippen LogP contribution in [0.5, 0.6) is 0 Å². The molecule has 2 N–H and O–H groups in total. The van der Waals surface area contributed by atoms with E-state index in [1.807, 2.05) is 54.6 Å². The maximum absolute atomic E-state index is 12.4. The summed E-state index contributed by atoms with van der Waals surface area (Å²) in [5.41, 5.74) is 8.43. The first-order valence-corrected chi connectivity index (χ1v) is 7.48. The summed E-state index contributed by atoms with van der Waals surface area (Å²) in [6.07, 6.45) is -0.0986. The van der Waals surface area contributed by atoms with Crippen LogP contribution >= 0.6 is 0 Å². The zero-order valence-corrected chi connectivity index (χ0v) is 12.6. The van der Waals surface area contributed by atoms with E-state index in [9.17, 15) is 9.59 Å². The molecule has 5 nitrogen and oxygen atoms in total. The highest BCUT2D eigenvalue weighted by atomic mass is 16.6. The number of amides is 2. The predicted molar refractivity (Wildman–Crippen MR) is 85.3 cm³/mol. The number of ether oxygens (including phenoxy) is 1. The fraction of sp³-hybridized carbons (Fsp3) is 0.222. The van der Waals surface area contributed by atoms with Gasteiger partial charge in [0.25, 0.3) is 0 Å². The molecule has 5 heteroatoms. The molecular formula is C18H18N2O3. The molecule has 0 saturated carbocycles. The maximum atomic E-state index is 12.4. The highest BCUT2D eigenvalue weighted by molar-refractivity contribution is 5.85. The fourth-order valence-corrected chi connectivity index (χ4v) is 2.77. The molecule has 2 aromatic rings. The third-order valence-corrected chi connectivity index (χ3v) is 4.02. The van der Waals surface area contributed by atoms with Crippen molar-refractivity contribution in [2.45, 2.75) is 25.6 Å².